The average Bonchev–Trinajstić information content (AvgIpc) is 2.48. The highest BCUT2D eigenvalue weighted by Crippen LogP contribution is 2.25. The summed E-state index contributed by atoms with van der Waals surface area (Å²) in [6, 6.07) is 5.98. The van der Waals surface area contributed by atoms with Gasteiger partial charge in [0.25, 0.3) is 5.91 Å². The fourth-order valence-corrected chi connectivity index (χ4v) is 2.40. The number of carbonyl (C=O) groups is 1. The molecule has 2 aliphatic heterocycles. The Morgan fingerprint density at radius 1 is 1.37 bits per heavy atom. The van der Waals surface area contributed by atoms with E-state index in [2.05, 4.69) is 16.7 Å². The maximum atomic E-state index is 12.0. The Morgan fingerprint density at radius 2 is 2.32 bits per heavy atom. The van der Waals surface area contributed by atoms with E-state index in [1.54, 1.807) is 0 Å². The van der Waals surface area contributed by atoms with Crippen LogP contribution in [0.15, 0.2) is 18.2 Å². The Kier molecular flexibility index (Phi) is 3.66. The molecular weight excluding hydrogens is 244 g/mol. The van der Waals surface area contributed by atoms with E-state index in [-0.39, 0.29) is 5.91 Å². The van der Waals surface area contributed by atoms with Crippen LogP contribution in [0.25, 0.3) is 0 Å². The third-order valence-corrected chi connectivity index (χ3v) is 3.42. The van der Waals surface area contributed by atoms with Crippen molar-refractivity contribution in [1.29, 1.82) is 0 Å². The number of carbonyl (C=O) groups excluding carboxylic acids is 1. The van der Waals surface area contributed by atoms with Gasteiger partial charge in [-0.15, -0.1) is 0 Å². The molecule has 5 nitrogen and oxygen atoms in total. The van der Waals surface area contributed by atoms with Crippen molar-refractivity contribution in [2.75, 3.05) is 37.0 Å². The molecule has 2 N–H and O–H groups in total. The number of aryl methyl sites for hydroxylation is 1. The van der Waals surface area contributed by atoms with Crippen molar-refractivity contribution in [1.82, 2.24) is 0 Å². The Labute approximate surface area is 112 Å². The molecule has 1 fully saturated rings. The molecule has 0 spiro atoms. The molecular formula is C14H18N2O3. The van der Waals surface area contributed by atoms with Crippen LogP contribution in [0.3, 0.4) is 0 Å². The Balaban J connectivity index is 1.67. The van der Waals surface area contributed by atoms with Crippen LogP contribution >= 0.6 is 0 Å². The van der Waals surface area contributed by atoms with E-state index >= 15 is 0 Å². The van der Waals surface area contributed by atoms with E-state index in [1.807, 2.05) is 12.1 Å². The van der Waals surface area contributed by atoms with E-state index in [9.17, 15) is 4.79 Å². The molecule has 0 bridgehead atoms. The van der Waals surface area contributed by atoms with Gasteiger partial charge in [-0.05, 0) is 30.5 Å². The zero-order valence-corrected chi connectivity index (χ0v) is 10.8. The molecule has 0 radical (unpaired) electrons. The van der Waals surface area contributed by atoms with Gasteiger partial charge in [0, 0.05) is 17.9 Å². The summed E-state index contributed by atoms with van der Waals surface area (Å²) in [4.78, 5) is 12.0. The number of nitrogens with one attached hydrogen (secondary N) is 2. The Hall–Kier alpha value is -1.59. The molecule has 5 heteroatoms. The summed E-state index contributed by atoms with van der Waals surface area (Å²) in [5, 5.41) is 6.23. The first-order valence-electron chi connectivity index (χ1n) is 6.70. The highest BCUT2D eigenvalue weighted by Gasteiger charge is 2.22. The van der Waals surface area contributed by atoms with Crippen LogP contribution in [0.5, 0.6) is 0 Å². The standard InChI is InChI=1S/C14H18N2O3/c17-14(13-9-18-6-7-19-13)16-11-4-3-10-2-1-5-15-12(10)8-11/h3-4,8,13,15H,1-2,5-7,9H2,(H,16,17). The van der Waals surface area contributed by atoms with Gasteiger partial charge in [-0.2, -0.15) is 0 Å². The second-order valence-corrected chi connectivity index (χ2v) is 4.83. The maximum absolute atomic E-state index is 12.0. The number of rotatable bonds is 2. The normalized spacial score (nSPS) is 22.2. The first kappa shape index (κ1) is 12.4. The van der Waals surface area contributed by atoms with Gasteiger partial charge in [-0.25, -0.2) is 0 Å². The third-order valence-electron chi connectivity index (χ3n) is 3.42. The first-order chi connectivity index (χ1) is 9.33. The van der Waals surface area contributed by atoms with Gasteiger partial charge in [0.2, 0.25) is 0 Å². The van der Waals surface area contributed by atoms with Crippen molar-refractivity contribution in [3.63, 3.8) is 0 Å². The number of hydrogen-bond donors (Lipinski definition) is 2. The molecule has 1 aromatic rings. The predicted molar refractivity (Wildman–Crippen MR) is 72.4 cm³/mol. The van der Waals surface area contributed by atoms with Crippen LogP contribution in [0.2, 0.25) is 0 Å². The lowest BCUT2D eigenvalue weighted by atomic mass is 10.0. The van der Waals surface area contributed by atoms with Crippen LogP contribution in [-0.4, -0.2) is 38.4 Å². The smallest absolute Gasteiger partial charge is 0.255 e. The second kappa shape index (κ2) is 5.59. The third kappa shape index (κ3) is 2.88. The van der Waals surface area contributed by atoms with Crippen molar-refractivity contribution >= 4 is 17.3 Å². The number of hydrogen-bond acceptors (Lipinski definition) is 4. The molecule has 2 heterocycles. The minimum absolute atomic E-state index is 0.143. The van der Waals surface area contributed by atoms with Gasteiger partial charge in [-0.3, -0.25) is 4.79 Å². The predicted octanol–water partition coefficient (Wildman–Crippen LogP) is 1.40. The SMILES string of the molecule is O=C(Nc1ccc2c(c1)NCCC2)C1COCCO1. The zero-order chi connectivity index (χ0) is 13.1. The zero-order valence-electron chi connectivity index (χ0n) is 10.8. The van der Waals surface area contributed by atoms with Gasteiger partial charge in [0.15, 0.2) is 6.10 Å². The minimum Gasteiger partial charge on any atom is -0.385 e. The van der Waals surface area contributed by atoms with Gasteiger partial charge < -0.3 is 20.1 Å². The van der Waals surface area contributed by atoms with Crippen molar-refractivity contribution < 1.29 is 14.3 Å². The molecule has 102 valence electrons. The van der Waals surface area contributed by atoms with E-state index in [1.165, 1.54) is 5.56 Å². The van der Waals surface area contributed by atoms with Gasteiger partial charge in [0.1, 0.15) is 0 Å². The summed E-state index contributed by atoms with van der Waals surface area (Å²) in [6.07, 6.45) is 1.75. The maximum Gasteiger partial charge on any atom is 0.255 e. The van der Waals surface area contributed by atoms with Gasteiger partial charge >= 0.3 is 0 Å². The van der Waals surface area contributed by atoms with Crippen molar-refractivity contribution in [2.24, 2.45) is 0 Å². The number of ether oxygens (including phenoxy) is 2. The van der Waals surface area contributed by atoms with Crippen molar-refractivity contribution in [3.05, 3.63) is 23.8 Å². The summed E-state index contributed by atoms with van der Waals surface area (Å²) in [5.41, 5.74) is 3.22. The molecule has 19 heavy (non-hydrogen) atoms. The number of benzene rings is 1. The summed E-state index contributed by atoms with van der Waals surface area (Å²) < 4.78 is 10.6. The molecule has 3 rings (SSSR count). The molecule has 1 aromatic carbocycles. The van der Waals surface area contributed by atoms with E-state index in [0.29, 0.717) is 19.8 Å². The largest absolute Gasteiger partial charge is 0.385 e. The molecule has 0 aromatic heterocycles. The molecule has 1 atom stereocenters. The quantitative estimate of drug-likeness (QED) is 0.846. The van der Waals surface area contributed by atoms with Crippen molar-refractivity contribution in [2.45, 2.75) is 18.9 Å². The average molecular weight is 262 g/mol. The van der Waals surface area contributed by atoms with E-state index < -0.39 is 6.10 Å². The summed E-state index contributed by atoms with van der Waals surface area (Å²) in [5.74, 6) is -0.143. The number of anilines is 2. The van der Waals surface area contributed by atoms with Crippen molar-refractivity contribution in [3.8, 4) is 0 Å². The van der Waals surface area contributed by atoms with Crippen LogP contribution < -0.4 is 10.6 Å². The van der Waals surface area contributed by atoms with Crippen LogP contribution in [0.1, 0.15) is 12.0 Å². The summed E-state index contributed by atoms with van der Waals surface area (Å²) in [7, 11) is 0. The number of fused-ring (bicyclic) bond motifs is 1. The first-order valence-corrected chi connectivity index (χ1v) is 6.70. The lowest BCUT2D eigenvalue weighted by molar-refractivity contribution is -0.142. The van der Waals surface area contributed by atoms with Gasteiger partial charge in [0.05, 0.1) is 19.8 Å². The number of amides is 1. The lowest BCUT2D eigenvalue weighted by Crippen LogP contribution is -2.39. The van der Waals surface area contributed by atoms with E-state index in [0.717, 1.165) is 30.8 Å². The molecule has 0 saturated carbocycles. The molecule has 1 unspecified atom stereocenters. The minimum atomic E-state index is -0.502. The molecule has 2 aliphatic rings. The van der Waals surface area contributed by atoms with Crippen LogP contribution in [0, 0.1) is 0 Å². The second-order valence-electron chi connectivity index (χ2n) is 4.83. The Bertz CT molecular complexity index is 470. The van der Waals surface area contributed by atoms with Crippen LogP contribution in [0.4, 0.5) is 11.4 Å². The molecule has 1 amide bonds. The topological polar surface area (TPSA) is 59.6 Å². The Morgan fingerprint density at radius 3 is 3.16 bits per heavy atom. The van der Waals surface area contributed by atoms with Crippen LogP contribution in [-0.2, 0) is 20.7 Å². The molecule has 0 aliphatic carbocycles. The highest BCUT2D eigenvalue weighted by molar-refractivity contribution is 5.94. The van der Waals surface area contributed by atoms with Gasteiger partial charge in [-0.1, -0.05) is 6.07 Å². The summed E-state index contributed by atoms with van der Waals surface area (Å²) in [6.45, 7) is 2.36. The fourth-order valence-electron chi connectivity index (χ4n) is 2.40. The summed E-state index contributed by atoms with van der Waals surface area (Å²) >= 11 is 0. The fraction of sp³-hybridized carbons (Fsp3) is 0.500. The van der Waals surface area contributed by atoms with E-state index in [4.69, 9.17) is 9.47 Å². The lowest BCUT2D eigenvalue weighted by Gasteiger charge is -2.23. The monoisotopic (exact) mass is 262 g/mol. The highest BCUT2D eigenvalue weighted by atomic mass is 16.6. The molecule has 1 saturated heterocycles.